The minimum Gasteiger partial charge on any atom is -0.460 e. The largest absolute Gasteiger partial charge is 0.460 e. The summed E-state index contributed by atoms with van der Waals surface area (Å²) in [5.41, 5.74) is 6.37. The summed E-state index contributed by atoms with van der Waals surface area (Å²) in [5.74, 6) is -0.485. The summed E-state index contributed by atoms with van der Waals surface area (Å²) in [6.07, 6.45) is 0.522. The summed E-state index contributed by atoms with van der Waals surface area (Å²) >= 11 is 11.5. The monoisotopic (exact) mass is 356 g/mol. The number of pyridine rings is 1. The highest BCUT2D eigenvalue weighted by Gasteiger charge is 2.15. The highest BCUT2D eigenvalue weighted by Crippen LogP contribution is 2.15. The summed E-state index contributed by atoms with van der Waals surface area (Å²) in [6, 6.07) is 2.45. The Hall–Kier alpha value is -0.590. The van der Waals surface area contributed by atoms with E-state index in [1.165, 1.54) is 0 Å². The van der Waals surface area contributed by atoms with Gasteiger partial charge in [0.25, 0.3) is 0 Å². The second kappa shape index (κ2) is 10.2. The fourth-order valence-corrected chi connectivity index (χ4v) is 1.91. The zero-order chi connectivity index (χ0) is 15.1. The Morgan fingerprint density at radius 2 is 1.90 bits per heavy atom. The molecule has 0 aromatic carbocycles. The van der Waals surface area contributed by atoms with Gasteiger partial charge < -0.3 is 15.2 Å². The van der Waals surface area contributed by atoms with Gasteiger partial charge >= 0.3 is 5.97 Å². The number of nitrogens with two attached hydrogens (primary N) is 1. The molecule has 0 aliphatic carbocycles. The van der Waals surface area contributed by atoms with E-state index in [-0.39, 0.29) is 35.4 Å². The maximum Gasteiger partial charge on any atom is 0.323 e. The molecule has 1 rings (SSSR count). The number of aromatic nitrogens is 1. The molecule has 5 nitrogen and oxygen atoms in total. The van der Waals surface area contributed by atoms with Gasteiger partial charge in [0.05, 0.1) is 6.10 Å². The van der Waals surface area contributed by atoms with Gasteiger partial charge in [-0.15, -0.1) is 12.4 Å². The number of nitrogens with zero attached hydrogens (tertiary/aromatic N) is 1. The lowest BCUT2D eigenvalue weighted by molar-refractivity contribution is -0.147. The Morgan fingerprint density at radius 1 is 1.33 bits per heavy atom. The molecule has 1 aromatic heterocycles. The minimum absolute atomic E-state index is 0. The third-order valence-electron chi connectivity index (χ3n) is 2.39. The summed E-state index contributed by atoms with van der Waals surface area (Å²) in [7, 11) is 0. The first kappa shape index (κ1) is 20.4. The molecule has 0 bridgehead atoms. The average molecular weight is 358 g/mol. The smallest absolute Gasteiger partial charge is 0.323 e. The van der Waals surface area contributed by atoms with Gasteiger partial charge in [0.15, 0.2) is 0 Å². The number of hydrogen-bond donors (Lipinski definition) is 1. The minimum atomic E-state index is -0.707. The van der Waals surface area contributed by atoms with Crippen molar-refractivity contribution in [2.24, 2.45) is 5.73 Å². The van der Waals surface area contributed by atoms with E-state index in [0.29, 0.717) is 18.6 Å². The van der Waals surface area contributed by atoms with Gasteiger partial charge in [-0.25, -0.2) is 4.98 Å². The van der Waals surface area contributed by atoms with Crippen molar-refractivity contribution >= 4 is 41.6 Å². The molecule has 1 atom stereocenters. The lowest BCUT2D eigenvalue weighted by Gasteiger charge is -2.13. The van der Waals surface area contributed by atoms with Crippen LogP contribution < -0.4 is 5.73 Å². The zero-order valence-electron chi connectivity index (χ0n) is 11.8. The fourth-order valence-electron chi connectivity index (χ4n) is 1.41. The van der Waals surface area contributed by atoms with Gasteiger partial charge in [-0.05, 0) is 38.0 Å². The number of ether oxygens (including phenoxy) is 2. The van der Waals surface area contributed by atoms with Crippen LogP contribution in [-0.4, -0.2) is 29.7 Å². The van der Waals surface area contributed by atoms with Crippen LogP contribution in [0, 0.1) is 0 Å². The molecule has 0 spiro atoms. The van der Waals surface area contributed by atoms with Gasteiger partial charge in [0, 0.05) is 6.61 Å². The summed E-state index contributed by atoms with van der Waals surface area (Å²) in [4.78, 5) is 15.5. The molecule has 8 heteroatoms. The van der Waals surface area contributed by atoms with Crippen LogP contribution in [0.1, 0.15) is 25.8 Å². The van der Waals surface area contributed by atoms with Gasteiger partial charge in [-0.2, -0.15) is 0 Å². The molecule has 0 saturated carbocycles. The predicted octanol–water partition coefficient (Wildman–Crippen LogP) is 3.00. The van der Waals surface area contributed by atoms with E-state index < -0.39 is 12.0 Å². The Morgan fingerprint density at radius 3 is 2.43 bits per heavy atom. The SMILES string of the molecule is CC(C)OCC[C@H](N)C(=O)OCc1cc(Cl)nc(Cl)c1.Cl. The quantitative estimate of drug-likeness (QED) is 0.600. The van der Waals surface area contributed by atoms with E-state index in [4.69, 9.17) is 38.4 Å². The number of halogens is 3. The molecule has 0 radical (unpaired) electrons. The Kier molecular flexibility index (Phi) is 9.90. The molecular formula is C13H19Cl3N2O3. The highest BCUT2D eigenvalue weighted by molar-refractivity contribution is 6.32. The normalized spacial score (nSPS) is 11.9. The first-order valence-corrected chi connectivity index (χ1v) is 7.00. The molecule has 1 aromatic rings. The van der Waals surface area contributed by atoms with E-state index in [1.807, 2.05) is 13.8 Å². The molecule has 0 aliphatic heterocycles. The van der Waals surface area contributed by atoms with Crippen LogP contribution in [0.5, 0.6) is 0 Å². The van der Waals surface area contributed by atoms with Crippen molar-refractivity contribution in [3.05, 3.63) is 28.0 Å². The van der Waals surface area contributed by atoms with Gasteiger partial charge in [0.1, 0.15) is 23.0 Å². The van der Waals surface area contributed by atoms with Crippen LogP contribution in [0.25, 0.3) is 0 Å². The summed E-state index contributed by atoms with van der Waals surface area (Å²) in [5, 5.41) is 0.497. The Bertz CT molecular complexity index is 438. The van der Waals surface area contributed by atoms with Crippen molar-refractivity contribution in [1.29, 1.82) is 0 Å². The van der Waals surface area contributed by atoms with E-state index in [2.05, 4.69) is 4.98 Å². The van der Waals surface area contributed by atoms with Crippen LogP contribution in [0.4, 0.5) is 0 Å². The van der Waals surface area contributed by atoms with Crippen LogP contribution in [0.15, 0.2) is 12.1 Å². The zero-order valence-corrected chi connectivity index (χ0v) is 14.2. The first-order valence-electron chi connectivity index (χ1n) is 6.24. The van der Waals surface area contributed by atoms with Gasteiger partial charge in [0.2, 0.25) is 0 Å². The standard InChI is InChI=1S/C13H18Cl2N2O3.ClH/c1-8(2)19-4-3-10(16)13(18)20-7-9-5-11(14)17-12(15)6-9;/h5-6,8,10H,3-4,7,16H2,1-2H3;1H/t10-;/m0./s1. The van der Waals surface area contributed by atoms with Crippen LogP contribution in [0.3, 0.4) is 0 Å². The molecule has 0 fully saturated rings. The van der Waals surface area contributed by atoms with Crippen LogP contribution in [-0.2, 0) is 20.9 Å². The average Bonchev–Trinajstić information content (AvgIpc) is 2.34. The van der Waals surface area contributed by atoms with Crippen molar-refractivity contribution in [3.8, 4) is 0 Å². The van der Waals surface area contributed by atoms with Gasteiger partial charge in [-0.3, -0.25) is 4.79 Å². The number of hydrogen-bond acceptors (Lipinski definition) is 5. The molecule has 0 amide bonds. The Labute approximate surface area is 140 Å². The third-order valence-corrected chi connectivity index (χ3v) is 2.77. The topological polar surface area (TPSA) is 74.4 Å². The van der Waals surface area contributed by atoms with E-state index in [1.54, 1.807) is 12.1 Å². The van der Waals surface area contributed by atoms with Crippen molar-refractivity contribution in [3.63, 3.8) is 0 Å². The molecule has 0 aliphatic rings. The molecule has 21 heavy (non-hydrogen) atoms. The van der Waals surface area contributed by atoms with Crippen LogP contribution in [0.2, 0.25) is 10.3 Å². The third kappa shape index (κ3) is 8.44. The molecular weight excluding hydrogens is 339 g/mol. The van der Waals surface area contributed by atoms with Gasteiger partial charge in [-0.1, -0.05) is 23.2 Å². The number of rotatable bonds is 7. The lowest BCUT2D eigenvalue weighted by Crippen LogP contribution is -2.33. The number of carbonyl (C=O) groups excluding carboxylic acids is 1. The number of esters is 1. The van der Waals surface area contributed by atoms with Crippen molar-refractivity contribution < 1.29 is 14.3 Å². The predicted molar refractivity (Wildman–Crippen MR) is 85.0 cm³/mol. The summed E-state index contributed by atoms with van der Waals surface area (Å²) in [6.45, 7) is 4.31. The second-order valence-corrected chi connectivity index (χ2v) is 5.32. The van der Waals surface area contributed by atoms with Crippen LogP contribution >= 0.6 is 35.6 Å². The highest BCUT2D eigenvalue weighted by atomic mass is 35.5. The van der Waals surface area contributed by atoms with E-state index >= 15 is 0 Å². The van der Waals surface area contributed by atoms with E-state index in [0.717, 1.165) is 0 Å². The van der Waals surface area contributed by atoms with Crippen molar-refractivity contribution in [1.82, 2.24) is 4.98 Å². The Balaban J connectivity index is 0.00000400. The number of carbonyl (C=O) groups is 1. The molecule has 1 heterocycles. The molecule has 2 N–H and O–H groups in total. The maximum atomic E-state index is 11.7. The van der Waals surface area contributed by atoms with Crippen molar-refractivity contribution in [2.75, 3.05) is 6.61 Å². The fraction of sp³-hybridized carbons (Fsp3) is 0.538. The van der Waals surface area contributed by atoms with E-state index in [9.17, 15) is 4.79 Å². The second-order valence-electron chi connectivity index (χ2n) is 4.54. The summed E-state index contributed by atoms with van der Waals surface area (Å²) < 4.78 is 10.4. The van der Waals surface area contributed by atoms with Crippen molar-refractivity contribution in [2.45, 2.75) is 39.0 Å². The first-order chi connectivity index (χ1) is 9.38. The molecule has 120 valence electrons. The molecule has 0 saturated heterocycles. The molecule has 0 unspecified atom stereocenters. The maximum absolute atomic E-state index is 11.7. The lowest BCUT2D eigenvalue weighted by atomic mass is 10.2.